The Hall–Kier alpha value is -1.51. The van der Waals surface area contributed by atoms with E-state index in [4.69, 9.17) is 16.3 Å². The fourth-order valence-corrected chi connectivity index (χ4v) is 2.13. The van der Waals surface area contributed by atoms with Gasteiger partial charge in [-0.05, 0) is 43.2 Å². The van der Waals surface area contributed by atoms with E-state index in [1.165, 1.54) is 0 Å². The number of halogens is 1. The highest BCUT2D eigenvalue weighted by atomic mass is 35.5. The van der Waals surface area contributed by atoms with E-state index in [2.05, 4.69) is 6.07 Å². The van der Waals surface area contributed by atoms with Crippen molar-refractivity contribution in [3.8, 4) is 11.5 Å². The van der Waals surface area contributed by atoms with Gasteiger partial charge >= 0.3 is 0 Å². The molecule has 2 aromatic rings. The second-order valence-corrected chi connectivity index (χ2v) is 4.72. The molecule has 0 aliphatic heterocycles. The molecule has 2 rings (SSSR count). The third-order valence-electron chi connectivity index (χ3n) is 2.63. The maximum absolute atomic E-state index is 9.29. The lowest BCUT2D eigenvalue weighted by molar-refractivity contribution is 0.276. The largest absolute Gasteiger partial charge is 0.455 e. The van der Waals surface area contributed by atoms with Gasteiger partial charge in [0, 0.05) is 5.56 Å². The van der Waals surface area contributed by atoms with Crippen molar-refractivity contribution in [2.75, 3.05) is 0 Å². The third kappa shape index (κ3) is 2.84. The van der Waals surface area contributed by atoms with Gasteiger partial charge in [0.1, 0.15) is 5.75 Å². The quantitative estimate of drug-likeness (QED) is 0.896. The molecule has 2 aromatic carbocycles. The maximum Gasteiger partial charge on any atom is 0.151 e. The SMILES string of the molecule is Cc1cc(C)cc(Oc2c(Cl)cccc2CO)c1. The van der Waals surface area contributed by atoms with Crippen LogP contribution in [0.5, 0.6) is 11.5 Å². The number of ether oxygens (including phenoxy) is 1. The van der Waals surface area contributed by atoms with Crippen LogP contribution in [0.1, 0.15) is 16.7 Å². The molecule has 0 atom stereocenters. The second-order valence-electron chi connectivity index (χ2n) is 4.31. The summed E-state index contributed by atoms with van der Waals surface area (Å²) in [5.41, 5.74) is 2.94. The van der Waals surface area contributed by atoms with Gasteiger partial charge in [0.05, 0.1) is 11.6 Å². The lowest BCUT2D eigenvalue weighted by Crippen LogP contribution is -1.93. The van der Waals surface area contributed by atoms with Gasteiger partial charge in [-0.1, -0.05) is 29.8 Å². The first kappa shape index (κ1) is 12.9. The van der Waals surface area contributed by atoms with Crippen molar-refractivity contribution in [1.29, 1.82) is 0 Å². The molecule has 0 aliphatic carbocycles. The molecule has 0 unspecified atom stereocenters. The first-order valence-electron chi connectivity index (χ1n) is 5.74. The van der Waals surface area contributed by atoms with Gasteiger partial charge in [-0.25, -0.2) is 0 Å². The van der Waals surface area contributed by atoms with E-state index in [-0.39, 0.29) is 6.61 Å². The van der Waals surface area contributed by atoms with Gasteiger partial charge < -0.3 is 9.84 Å². The first-order chi connectivity index (χ1) is 8.60. The molecule has 0 radical (unpaired) electrons. The molecule has 18 heavy (non-hydrogen) atoms. The molecule has 0 saturated heterocycles. The summed E-state index contributed by atoms with van der Waals surface area (Å²) in [4.78, 5) is 0. The van der Waals surface area contributed by atoms with Crippen LogP contribution in [-0.2, 0) is 6.61 Å². The van der Waals surface area contributed by atoms with Gasteiger partial charge in [0.2, 0.25) is 0 Å². The molecule has 1 N–H and O–H groups in total. The van der Waals surface area contributed by atoms with Crippen LogP contribution in [0.3, 0.4) is 0 Å². The van der Waals surface area contributed by atoms with E-state index < -0.39 is 0 Å². The van der Waals surface area contributed by atoms with Crippen molar-refractivity contribution in [2.45, 2.75) is 20.5 Å². The Morgan fingerprint density at radius 1 is 1.11 bits per heavy atom. The summed E-state index contributed by atoms with van der Waals surface area (Å²) >= 11 is 6.10. The Morgan fingerprint density at radius 2 is 1.78 bits per heavy atom. The Labute approximate surface area is 112 Å². The van der Waals surface area contributed by atoms with Gasteiger partial charge in [0.25, 0.3) is 0 Å². The highest BCUT2D eigenvalue weighted by Gasteiger charge is 2.09. The van der Waals surface area contributed by atoms with Crippen LogP contribution >= 0.6 is 11.6 Å². The average Bonchev–Trinajstić information content (AvgIpc) is 2.30. The zero-order valence-corrected chi connectivity index (χ0v) is 11.2. The van der Waals surface area contributed by atoms with Crippen LogP contribution in [0.4, 0.5) is 0 Å². The van der Waals surface area contributed by atoms with E-state index in [1.54, 1.807) is 18.2 Å². The van der Waals surface area contributed by atoms with E-state index >= 15 is 0 Å². The topological polar surface area (TPSA) is 29.5 Å². The molecule has 0 fully saturated rings. The van der Waals surface area contributed by atoms with Gasteiger partial charge in [0.15, 0.2) is 5.75 Å². The Bertz CT molecular complexity index is 544. The number of para-hydroxylation sites is 1. The lowest BCUT2D eigenvalue weighted by Gasteiger charge is -2.12. The van der Waals surface area contributed by atoms with Crippen molar-refractivity contribution in [2.24, 2.45) is 0 Å². The molecular weight excluding hydrogens is 248 g/mol. The average molecular weight is 263 g/mol. The maximum atomic E-state index is 9.29. The Balaban J connectivity index is 2.39. The number of rotatable bonds is 3. The molecule has 3 heteroatoms. The molecule has 0 bridgehead atoms. The number of aliphatic hydroxyl groups excluding tert-OH is 1. The predicted octanol–water partition coefficient (Wildman–Crippen LogP) is 4.24. The van der Waals surface area contributed by atoms with Crippen LogP contribution in [0, 0.1) is 13.8 Å². The highest BCUT2D eigenvalue weighted by molar-refractivity contribution is 6.32. The van der Waals surface area contributed by atoms with Gasteiger partial charge in [-0.3, -0.25) is 0 Å². The van der Waals surface area contributed by atoms with Crippen LogP contribution in [0.2, 0.25) is 5.02 Å². The van der Waals surface area contributed by atoms with E-state index in [0.717, 1.165) is 16.9 Å². The molecule has 0 heterocycles. The van der Waals surface area contributed by atoms with E-state index in [9.17, 15) is 5.11 Å². The Kier molecular flexibility index (Phi) is 3.90. The van der Waals surface area contributed by atoms with Crippen molar-refractivity contribution >= 4 is 11.6 Å². The molecule has 0 amide bonds. The fraction of sp³-hybridized carbons (Fsp3) is 0.200. The zero-order chi connectivity index (χ0) is 13.1. The Morgan fingerprint density at radius 3 is 2.39 bits per heavy atom. The normalized spacial score (nSPS) is 10.4. The smallest absolute Gasteiger partial charge is 0.151 e. The molecule has 0 saturated carbocycles. The van der Waals surface area contributed by atoms with Crippen LogP contribution in [0.25, 0.3) is 0 Å². The first-order valence-corrected chi connectivity index (χ1v) is 6.12. The van der Waals surface area contributed by atoms with Gasteiger partial charge in [-0.15, -0.1) is 0 Å². The minimum atomic E-state index is -0.0965. The van der Waals surface area contributed by atoms with Crippen molar-refractivity contribution in [3.63, 3.8) is 0 Å². The minimum absolute atomic E-state index is 0.0965. The number of hydrogen-bond acceptors (Lipinski definition) is 2. The fourth-order valence-electron chi connectivity index (χ4n) is 1.90. The number of aliphatic hydroxyl groups is 1. The third-order valence-corrected chi connectivity index (χ3v) is 2.93. The van der Waals surface area contributed by atoms with Crippen LogP contribution in [-0.4, -0.2) is 5.11 Å². The summed E-state index contributed by atoms with van der Waals surface area (Å²) in [6.07, 6.45) is 0. The van der Waals surface area contributed by atoms with E-state index in [1.807, 2.05) is 26.0 Å². The molecule has 0 spiro atoms. The summed E-state index contributed by atoms with van der Waals surface area (Å²) in [7, 11) is 0. The number of benzene rings is 2. The standard InChI is InChI=1S/C15H15ClO2/c1-10-6-11(2)8-13(7-10)18-15-12(9-17)4-3-5-14(15)16/h3-8,17H,9H2,1-2H3. The molecule has 0 aliphatic rings. The van der Waals surface area contributed by atoms with Crippen LogP contribution < -0.4 is 4.74 Å². The van der Waals surface area contributed by atoms with Crippen LogP contribution in [0.15, 0.2) is 36.4 Å². The number of aryl methyl sites for hydroxylation is 2. The summed E-state index contributed by atoms with van der Waals surface area (Å²) in [5.74, 6) is 1.25. The summed E-state index contributed by atoms with van der Waals surface area (Å²) in [6, 6.07) is 11.3. The predicted molar refractivity (Wildman–Crippen MR) is 73.4 cm³/mol. The molecule has 2 nitrogen and oxygen atoms in total. The summed E-state index contributed by atoms with van der Waals surface area (Å²) < 4.78 is 5.80. The van der Waals surface area contributed by atoms with Crippen molar-refractivity contribution < 1.29 is 9.84 Å². The molecule has 0 aromatic heterocycles. The monoisotopic (exact) mass is 262 g/mol. The minimum Gasteiger partial charge on any atom is -0.455 e. The lowest BCUT2D eigenvalue weighted by atomic mass is 10.1. The number of hydrogen-bond donors (Lipinski definition) is 1. The molecule has 94 valence electrons. The summed E-state index contributed by atoms with van der Waals surface area (Å²) in [6.45, 7) is 3.93. The second kappa shape index (κ2) is 5.42. The van der Waals surface area contributed by atoms with E-state index in [0.29, 0.717) is 16.3 Å². The molecular formula is C15H15ClO2. The van der Waals surface area contributed by atoms with Crippen molar-refractivity contribution in [1.82, 2.24) is 0 Å². The summed E-state index contributed by atoms with van der Waals surface area (Å²) in [5, 5.41) is 9.79. The highest BCUT2D eigenvalue weighted by Crippen LogP contribution is 2.33. The van der Waals surface area contributed by atoms with Gasteiger partial charge in [-0.2, -0.15) is 0 Å². The zero-order valence-electron chi connectivity index (χ0n) is 10.4. The van der Waals surface area contributed by atoms with Crippen molar-refractivity contribution in [3.05, 3.63) is 58.1 Å².